The Hall–Kier alpha value is -2.46. The van der Waals surface area contributed by atoms with Gasteiger partial charge in [-0.1, -0.05) is 0 Å². The zero-order chi connectivity index (χ0) is 22.9. The van der Waals surface area contributed by atoms with Crippen molar-refractivity contribution in [3.63, 3.8) is 0 Å². The van der Waals surface area contributed by atoms with Crippen molar-refractivity contribution in [2.45, 2.75) is 44.6 Å². The number of hydrogen-bond acceptors (Lipinski definition) is 7. The maximum Gasteiger partial charge on any atom is 0.264 e. The van der Waals surface area contributed by atoms with Crippen LogP contribution in [0.3, 0.4) is 0 Å². The lowest BCUT2D eigenvalue weighted by Crippen LogP contribution is -2.52. The highest BCUT2D eigenvalue weighted by Crippen LogP contribution is 2.32. The lowest BCUT2D eigenvalue weighted by molar-refractivity contribution is -0.126. The molecule has 10 heteroatoms. The van der Waals surface area contributed by atoms with Gasteiger partial charge >= 0.3 is 0 Å². The van der Waals surface area contributed by atoms with Gasteiger partial charge in [0.15, 0.2) is 0 Å². The van der Waals surface area contributed by atoms with Gasteiger partial charge in [0.25, 0.3) is 21.9 Å². The average molecular weight is 464 g/mol. The van der Waals surface area contributed by atoms with Gasteiger partial charge in [-0.05, 0) is 62.6 Å². The van der Waals surface area contributed by atoms with E-state index in [4.69, 9.17) is 4.18 Å². The molecular weight excluding hydrogens is 434 g/mol. The number of imide groups is 1. The minimum absolute atomic E-state index is 0.218. The van der Waals surface area contributed by atoms with Gasteiger partial charge in [-0.15, -0.1) is 0 Å². The molecule has 3 aliphatic heterocycles. The van der Waals surface area contributed by atoms with E-state index >= 15 is 0 Å². The van der Waals surface area contributed by atoms with Crippen LogP contribution in [0.5, 0.6) is 0 Å². The molecule has 4 rings (SSSR count). The molecule has 3 aliphatic rings. The topological polar surface area (TPSA) is 113 Å². The number of hydrogen-bond donors (Lipinski definition) is 1. The van der Waals surface area contributed by atoms with E-state index in [0.717, 1.165) is 55.6 Å². The van der Waals surface area contributed by atoms with Crippen LogP contribution >= 0.6 is 0 Å². The Morgan fingerprint density at radius 3 is 2.47 bits per heavy atom. The van der Waals surface area contributed by atoms with Crippen LogP contribution in [0.1, 0.15) is 59.2 Å². The molecule has 0 saturated carbocycles. The number of rotatable bonds is 7. The molecule has 3 heterocycles. The van der Waals surface area contributed by atoms with Crippen molar-refractivity contribution in [3.05, 3.63) is 29.3 Å². The number of amides is 3. The molecule has 1 unspecified atom stereocenters. The number of anilines is 1. The Morgan fingerprint density at radius 1 is 1.06 bits per heavy atom. The fraction of sp³-hybridized carbons (Fsp3) is 0.591. The van der Waals surface area contributed by atoms with Crippen LogP contribution in [0.2, 0.25) is 0 Å². The van der Waals surface area contributed by atoms with Gasteiger partial charge in [0, 0.05) is 25.3 Å². The predicted octanol–water partition coefficient (Wildman–Crippen LogP) is 1.53. The summed E-state index contributed by atoms with van der Waals surface area (Å²) in [7, 11) is -3.39. The molecule has 2 saturated heterocycles. The average Bonchev–Trinajstić information content (AvgIpc) is 3.01. The summed E-state index contributed by atoms with van der Waals surface area (Å²) in [5.74, 6) is -0.550. The molecular formula is C22H29N3O6S. The minimum atomic E-state index is -3.39. The number of nitrogens with one attached hydrogen (secondary N) is 1. The van der Waals surface area contributed by atoms with Crippen molar-refractivity contribution in [1.29, 1.82) is 0 Å². The van der Waals surface area contributed by atoms with Crippen LogP contribution in [0, 0.1) is 5.92 Å². The van der Waals surface area contributed by atoms with Crippen LogP contribution in [0.25, 0.3) is 0 Å². The van der Waals surface area contributed by atoms with Gasteiger partial charge in [0.05, 0.1) is 24.0 Å². The van der Waals surface area contributed by atoms with Crippen molar-refractivity contribution in [3.8, 4) is 0 Å². The summed E-state index contributed by atoms with van der Waals surface area (Å²) in [6, 6.07) is 4.60. The van der Waals surface area contributed by atoms with Gasteiger partial charge in [0.1, 0.15) is 6.04 Å². The highest BCUT2D eigenvalue weighted by atomic mass is 32.2. The zero-order valence-electron chi connectivity index (χ0n) is 18.2. The quantitative estimate of drug-likeness (QED) is 0.371. The molecule has 1 aromatic carbocycles. The Kier molecular flexibility index (Phi) is 6.52. The van der Waals surface area contributed by atoms with Crippen molar-refractivity contribution in [1.82, 2.24) is 10.2 Å². The normalized spacial score (nSPS) is 22.3. The van der Waals surface area contributed by atoms with E-state index in [0.29, 0.717) is 36.4 Å². The van der Waals surface area contributed by atoms with Crippen LogP contribution in [0.15, 0.2) is 18.2 Å². The lowest BCUT2D eigenvalue weighted by Gasteiger charge is -2.33. The first-order chi connectivity index (χ1) is 15.2. The standard InChI is InChI=1S/C22H29N3O6S/c1-32(29,30)31-13-3-4-15-8-11-24(12-9-15)16-6-7-17-18(14-16)22(28)25(21(17)27)19-5-2-10-23-20(19)26/h6-7,14-15,19H,2-5,8-13H2,1H3,(H,23,26). The zero-order valence-corrected chi connectivity index (χ0v) is 19.0. The first-order valence-electron chi connectivity index (χ1n) is 11.1. The number of benzene rings is 1. The van der Waals surface area contributed by atoms with E-state index < -0.39 is 28.0 Å². The van der Waals surface area contributed by atoms with E-state index in [2.05, 4.69) is 10.2 Å². The number of fused-ring (bicyclic) bond motifs is 1. The summed E-state index contributed by atoms with van der Waals surface area (Å²) in [4.78, 5) is 41.4. The summed E-state index contributed by atoms with van der Waals surface area (Å²) >= 11 is 0. The fourth-order valence-electron chi connectivity index (χ4n) is 4.79. The number of carbonyl (C=O) groups excluding carboxylic acids is 3. The molecule has 2 fully saturated rings. The second-order valence-corrected chi connectivity index (χ2v) is 10.4. The maximum atomic E-state index is 13.0. The first-order valence-corrected chi connectivity index (χ1v) is 13.0. The highest BCUT2D eigenvalue weighted by Gasteiger charge is 2.43. The van der Waals surface area contributed by atoms with E-state index in [9.17, 15) is 22.8 Å². The summed E-state index contributed by atoms with van der Waals surface area (Å²) < 4.78 is 26.9. The molecule has 1 N–H and O–H groups in total. The van der Waals surface area contributed by atoms with E-state index in [1.54, 1.807) is 12.1 Å². The van der Waals surface area contributed by atoms with E-state index in [1.165, 1.54) is 0 Å². The predicted molar refractivity (Wildman–Crippen MR) is 118 cm³/mol. The van der Waals surface area contributed by atoms with Crippen molar-refractivity contribution in [2.24, 2.45) is 5.92 Å². The molecule has 0 spiro atoms. The summed E-state index contributed by atoms with van der Waals surface area (Å²) in [5.41, 5.74) is 1.63. The number of piperidine rings is 2. The smallest absolute Gasteiger partial charge is 0.264 e. The van der Waals surface area contributed by atoms with Gasteiger partial charge in [-0.2, -0.15) is 8.42 Å². The van der Waals surface area contributed by atoms with Crippen LogP contribution in [-0.4, -0.2) is 69.6 Å². The number of nitrogens with zero attached hydrogens (tertiary/aromatic N) is 2. The summed E-state index contributed by atoms with van der Waals surface area (Å²) in [6.45, 7) is 2.44. The molecule has 0 radical (unpaired) electrons. The summed E-state index contributed by atoms with van der Waals surface area (Å²) in [6.07, 6.45) is 5.85. The second kappa shape index (κ2) is 9.19. The minimum Gasteiger partial charge on any atom is -0.371 e. The largest absolute Gasteiger partial charge is 0.371 e. The van der Waals surface area contributed by atoms with Crippen molar-refractivity contribution < 1.29 is 27.0 Å². The van der Waals surface area contributed by atoms with Crippen LogP contribution in [-0.2, 0) is 19.1 Å². The molecule has 1 atom stereocenters. The monoisotopic (exact) mass is 463 g/mol. The summed E-state index contributed by atoms with van der Waals surface area (Å²) in [5, 5.41) is 2.74. The van der Waals surface area contributed by atoms with Crippen LogP contribution < -0.4 is 10.2 Å². The molecule has 9 nitrogen and oxygen atoms in total. The molecule has 0 aliphatic carbocycles. The Morgan fingerprint density at radius 2 is 1.78 bits per heavy atom. The SMILES string of the molecule is CS(=O)(=O)OCCCC1CCN(c2ccc3c(c2)C(=O)N(C2CCCNC2=O)C3=O)CC1. The third-order valence-corrected chi connectivity index (χ3v) is 7.10. The van der Waals surface area contributed by atoms with E-state index in [-0.39, 0.29) is 12.5 Å². The van der Waals surface area contributed by atoms with Crippen molar-refractivity contribution in [2.75, 3.05) is 37.4 Å². The Bertz CT molecular complexity index is 1020. The Labute approximate surface area is 188 Å². The van der Waals surface area contributed by atoms with Gasteiger partial charge < -0.3 is 10.2 Å². The lowest BCUT2D eigenvalue weighted by atomic mass is 9.92. The molecule has 0 aromatic heterocycles. The first kappa shape index (κ1) is 22.7. The highest BCUT2D eigenvalue weighted by molar-refractivity contribution is 7.85. The van der Waals surface area contributed by atoms with Gasteiger partial charge in [-0.25, -0.2) is 0 Å². The molecule has 0 bridgehead atoms. The molecule has 32 heavy (non-hydrogen) atoms. The molecule has 174 valence electrons. The van der Waals surface area contributed by atoms with Crippen molar-refractivity contribution >= 4 is 33.5 Å². The molecule has 3 amide bonds. The fourth-order valence-corrected chi connectivity index (χ4v) is 5.21. The van der Waals surface area contributed by atoms with Gasteiger partial charge in [-0.3, -0.25) is 23.5 Å². The maximum absolute atomic E-state index is 13.0. The number of carbonyl (C=O) groups is 3. The molecule has 1 aromatic rings. The third kappa shape index (κ3) is 4.80. The van der Waals surface area contributed by atoms with Crippen LogP contribution in [0.4, 0.5) is 5.69 Å². The van der Waals surface area contributed by atoms with E-state index in [1.807, 2.05) is 6.07 Å². The Balaban J connectivity index is 1.36. The second-order valence-electron chi connectivity index (χ2n) is 8.76. The van der Waals surface area contributed by atoms with Gasteiger partial charge in [0.2, 0.25) is 5.91 Å². The third-order valence-electron chi connectivity index (χ3n) is 6.50.